The van der Waals surface area contributed by atoms with Crippen LogP contribution in [0.3, 0.4) is 0 Å². The lowest BCUT2D eigenvalue weighted by Gasteiger charge is -2.08. The molecule has 0 bridgehead atoms. The van der Waals surface area contributed by atoms with Crippen LogP contribution < -0.4 is 4.72 Å². The summed E-state index contributed by atoms with van der Waals surface area (Å²) in [6.45, 7) is 6.54. The van der Waals surface area contributed by atoms with E-state index >= 15 is 0 Å². The molecule has 1 heterocycles. The molecular weight excluding hydrogens is 358 g/mol. The van der Waals surface area contributed by atoms with Crippen LogP contribution in [0.1, 0.15) is 28.1 Å². The van der Waals surface area contributed by atoms with Gasteiger partial charge in [-0.3, -0.25) is 9.40 Å². The summed E-state index contributed by atoms with van der Waals surface area (Å²) in [5, 5.41) is 5.63. The molecule has 0 aliphatic heterocycles. The van der Waals surface area contributed by atoms with E-state index in [1.807, 2.05) is 74.0 Å². The van der Waals surface area contributed by atoms with Crippen LogP contribution in [-0.2, 0) is 16.6 Å². The molecule has 3 aromatic rings. The largest absolute Gasteiger partial charge is 0.280 e. The molecule has 0 aliphatic rings. The highest BCUT2D eigenvalue weighted by Gasteiger charge is 2.07. The molecule has 0 spiro atoms. The molecule has 140 valence electrons. The van der Waals surface area contributed by atoms with Crippen LogP contribution in [0.4, 0.5) is 5.69 Å². The normalized spacial score (nSPS) is 11.8. The maximum atomic E-state index is 12.4. The third kappa shape index (κ3) is 5.31. The summed E-state index contributed by atoms with van der Waals surface area (Å²) in [4.78, 5) is 0. The molecule has 3 rings (SSSR count). The smallest absolute Gasteiger partial charge is 0.255 e. The Morgan fingerprint density at radius 3 is 2.44 bits per heavy atom. The number of nitrogens with zero attached hydrogens (tertiary/aromatic N) is 2. The zero-order valence-electron chi connectivity index (χ0n) is 15.7. The molecular formula is C21H23N3O2S. The van der Waals surface area contributed by atoms with Crippen LogP contribution in [0.25, 0.3) is 6.08 Å². The molecule has 27 heavy (non-hydrogen) atoms. The highest BCUT2D eigenvalue weighted by atomic mass is 32.2. The van der Waals surface area contributed by atoms with Gasteiger partial charge in [0.05, 0.1) is 17.6 Å². The van der Waals surface area contributed by atoms with Crippen LogP contribution in [0, 0.1) is 20.8 Å². The van der Waals surface area contributed by atoms with Crippen molar-refractivity contribution in [3.63, 3.8) is 0 Å². The van der Waals surface area contributed by atoms with E-state index in [0.717, 1.165) is 28.1 Å². The van der Waals surface area contributed by atoms with Crippen LogP contribution in [0.15, 0.2) is 60.0 Å². The fraction of sp³-hybridized carbons (Fsp3) is 0.190. The second-order valence-corrected chi connectivity index (χ2v) is 8.21. The van der Waals surface area contributed by atoms with E-state index in [1.165, 1.54) is 5.41 Å². The van der Waals surface area contributed by atoms with Gasteiger partial charge in [-0.15, -0.1) is 0 Å². The van der Waals surface area contributed by atoms with E-state index in [2.05, 4.69) is 9.82 Å². The number of hydrogen-bond acceptors (Lipinski definition) is 3. The Bertz CT molecular complexity index is 1070. The van der Waals surface area contributed by atoms with Gasteiger partial charge in [0.1, 0.15) is 0 Å². The average Bonchev–Trinajstić information content (AvgIpc) is 2.91. The standard InChI is InChI=1S/C21H23N3O2S/c1-16-7-9-19(10-8-16)11-12-27(25,26)23-21-6-4-5-20(14-21)15-24-18(3)13-17(2)22-24/h4-14,23H,15H2,1-3H3/b12-11+. The van der Waals surface area contributed by atoms with Gasteiger partial charge in [0.25, 0.3) is 10.0 Å². The average molecular weight is 382 g/mol. The molecule has 0 saturated heterocycles. The van der Waals surface area contributed by atoms with Crippen molar-refractivity contribution in [2.45, 2.75) is 27.3 Å². The number of rotatable bonds is 6. The minimum Gasteiger partial charge on any atom is -0.280 e. The molecule has 0 saturated carbocycles. The Balaban J connectivity index is 1.72. The molecule has 2 aromatic carbocycles. The third-order valence-corrected chi connectivity index (χ3v) is 5.15. The predicted molar refractivity (Wildman–Crippen MR) is 110 cm³/mol. The van der Waals surface area contributed by atoms with Gasteiger partial charge in [-0.2, -0.15) is 5.10 Å². The molecule has 0 amide bonds. The summed E-state index contributed by atoms with van der Waals surface area (Å²) in [5.41, 5.74) is 5.51. The topological polar surface area (TPSA) is 64.0 Å². The zero-order valence-corrected chi connectivity index (χ0v) is 16.5. The Morgan fingerprint density at radius 1 is 1.04 bits per heavy atom. The molecule has 5 nitrogen and oxygen atoms in total. The molecule has 0 unspecified atom stereocenters. The van der Waals surface area contributed by atoms with Gasteiger partial charge < -0.3 is 0 Å². The SMILES string of the molecule is Cc1ccc(/C=C/S(=O)(=O)Nc2cccc(Cn3nc(C)cc3C)c2)cc1. The quantitative estimate of drug-likeness (QED) is 0.693. The first kappa shape index (κ1) is 18.9. The van der Waals surface area contributed by atoms with Gasteiger partial charge in [0, 0.05) is 11.4 Å². The highest BCUT2D eigenvalue weighted by molar-refractivity contribution is 7.95. The molecule has 1 N–H and O–H groups in total. The number of aryl methyl sites for hydroxylation is 3. The van der Waals surface area contributed by atoms with Gasteiger partial charge in [-0.1, -0.05) is 42.0 Å². The Hall–Kier alpha value is -2.86. The number of nitrogens with one attached hydrogen (secondary N) is 1. The minimum absolute atomic E-state index is 0.530. The molecule has 6 heteroatoms. The van der Waals surface area contributed by atoms with Crippen molar-refractivity contribution in [2.75, 3.05) is 4.72 Å². The molecule has 1 aromatic heterocycles. The van der Waals surface area contributed by atoms with Crippen molar-refractivity contribution >= 4 is 21.8 Å². The minimum atomic E-state index is -3.59. The monoisotopic (exact) mass is 381 g/mol. The second kappa shape index (κ2) is 7.80. The van der Waals surface area contributed by atoms with Gasteiger partial charge in [-0.25, -0.2) is 8.42 Å². The second-order valence-electron chi connectivity index (χ2n) is 6.65. The van der Waals surface area contributed by atoms with E-state index in [1.54, 1.807) is 12.1 Å². The molecule has 0 aliphatic carbocycles. The first-order valence-corrected chi connectivity index (χ1v) is 10.2. The summed E-state index contributed by atoms with van der Waals surface area (Å²) in [6.07, 6.45) is 1.58. The van der Waals surface area contributed by atoms with E-state index in [4.69, 9.17) is 0 Å². The number of benzene rings is 2. The lowest BCUT2D eigenvalue weighted by Crippen LogP contribution is -2.10. The first-order chi connectivity index (χ1) is 12.8. The van der Waals surface area contributed by atoms with Crippen molar-refractivity contribution in [3.05, 3.63) is 88.1 Å². The van der Waals surface area contributed by atoms with Crippen LogP contribution in [0.2, 0.25) is 0 Å². The van der Waals surface area contributed by atoms with Gasteiger partial charge in [0.2, 0.25) is 0 Å². The lowest BCUT2D eigenvalue weighted by atomic mass is 10.2. The summed E-state index contributed by atoms with van der Waals surface area (Å²) in [7, 11) is -3.59. The Labute approximate surface area is 160 Å². The Morgan fingerprint density at radius 2 is 1.78 bits per heavy atom. The number of aromatic nitrogens is 2. The molecule has 0 atom stereocenters. The fourth-order valence-corrected chi connectivity index (χ4v) is 3.64. The van der Waals surface area contributed by atoms with Gasteiger partial charge in [-0.05, 0) is 56.2 Å². The summed E-state index contributed by atoms with van der Waals surface area (Å²) in [6, 6.07) is 17.0. The van der Waals surface area contributed by atoms with Crippen LogP contribution in [0.5, 0.6) is 0 Å². The number of sulfonamides is 1. The van der Waals surface area contributed by atoms with Gasteiger partial charge in [0.15, 0.2) is 0 Å². The van der Waals surface area contributed by atoms with Crippen molar-refractivity contribution in [3.8, 4) is 0 Å². The number of hydrogen-bond donors (Lipinski definition) is 1. The van der Waals surface area contributed by atoms with Crippen molar-refractivity contribution in [1.29, 1.82) is 0 Å². The van der Waals surface area contributed by atoms with Gasteiger partial charge >= 0.3 is 0 Å². The van der Waals surface area contributed by atoms with E-state index in [-0.39, 0.29) is 0 Å². The van der Waals surface area contributed by atoms with E-state index in [9.17, 15) is 8.42 Å². The maximum absolute atomic E-state index is 12.4. The lowest BCUT2D eigenvalue weighted by molar-refractivity contribution is 0.609. The van der Waals surface area contributed by atoms with Crippen LogP contribution in [-0.4, -0.2) is 18.2 Å². The zero-order chi connectivity index (χ0) is 19.4. The predicted octanol–water partition coefficient (Wildman–Crippen LogP) is 4.27. The van der Waals surface area contributed by atoms with E-state index < -0.39 is 10.0 Å². The highest BCUT2D eigenvalue weighted by Crippen LogP contribution is 2.16. The first-order valence-electron chi connectivity index (χ1n) is 8.68. The van der Waals surface area contributed by atoms with E-state index in [0.29, 0.717) is 12.2 Å². The molecule has 0 fully saturated rings. The Kier molecular flexibility index (Phi) is 5.46. The summed E-state index contributed by atoms with van der Waals surface area (Å²) in [5.74, 6) is 0. The van der Waals surface area contributed by atoms with Crippen molar-refractivity contribution in [1.82, 2.24) is 9.78 Å². The third-order valence-electron chi connectivity index (χ3n) is 4.14. The number of anilines is 1. The molecule has 0 radical (unpaired) electrons. The maximum Gasteiger partial charge on any atom is 0.255 e. The summed E-state index contributed by atoms with van der Waals surface area (Å²) < 4.78 is 29.2. The van der Waals surface area contributed by atoms with Crippen LogP contribution >= 0.6 is 0 Å². The van der Waals surface area contributed by atoms with Crippen molar-refractivity contribution < 1.29 is 8.42 Å². The fourth-order valence-electron chi connectivity index (χ4n) is 2.79. The van der Waals surface area contributed by atoms with Crippen molar-refractivity contribution in [2.24, 2.45) is 0 Å². The summed E-state index contributed by atoms with van der Waals surface area (Å²) >= 11 is 0.